The molecule has 2 heterocycles. The Labute approximate surface area is 153 Å². The SMILES string of the molecule is COCC(=O)N[C@H]1CCN2C(=O)N(c3cccc(C(F)(F)F)c3)C(=O)[C@@H]2C1. The Morgan fingerprint density at radius 2 is 2.07 bits per heavy atom. The maximum Gasteiger partial charge on any atom is 0.416 e. The predicted octanol–water partition coefficient (Wildman–Crippen LogP) is 1.77. The standard InChI is InChI=1S/C17H18F3N3O4/c1-27-9-14(24)21-11-5-6-22-13(8-11)15(25)23(16(22)26)12-4-2-3-10(7-12)17(18,19)20/h2-4,7,11,13H,5-6,8-9H2,1H3,(H,21,24)/t11-,13-/m0/s1. The summed E-state index contributed by atoms with van der Waals surface area (Å²) in [7, 11) is 1.38. The van der Waals surface area contributed by atoms with Gasteiger partial charge in [0, 0.05) is 19.7 Å². The number of rotatable bonds is 4. The van der Waals surface area contributed by atoms with Crippen LogP contribution in [0.15, 0.2) is 24.3 Å². The van der Waals surface area contributed by atoms with E-state index in [1.807, 2.05) is 0 Å². The fourth-order valence-corrected chi connectivity index (χ4v) is 3.39. The van der Waals surface area contributed by atoms with Crippen molar-refractivity contribution in [3.05, 3.63) is 29.8 Å². The quantitative estimate of drug-likeness (QED) is 0.802. The van der Waals surface area contributed by atoms with Crippen LogP contribution in [-0.2, 0) is 20.5 Å². The number of carbonyl (C=O) groups excluding carboxylic acids is 3. The molecule has 2 fully saturated rings. The highest BCUT2D eigenvalue weighted by molar-refractivity contribution is 6.21. The van der Waals surface area contributed by atoms with Crippen molar-refractivity contribution < 1.29 is 32.3 Å². The number of hydrogen-bond donors (Lipinski definition) is 1. The second kappa shape index (κ2) is 7.18. The number of nitrogens with zero attached hydrogens (tertiary/aromatic N) is 2. The summed E-state index contributed by atoms with van der Waals surface area (Å²) in [4.78, 5) is 39.1. The number of amides is 4. The Kier molecular flexibility index (Phi) is 5.09. The van der Waals surface area contributed by atoms with Crippen molar-refractivity contribution in [3.63, 3.8) is 0 Å². The van der Waals surface area contributed by atoms with Crippen LogP contribution < -0.4 is 10.2 Å². The Balaban J connectivity index is 1.79. The van der Waals surface area contributed by atoms with Crippen molar-refractivity contribution >= 4 is 23.5 Å². The Bertz CT molecular complexity index is 768. The molecule has 0 spiro atoms. The molecule has 2 atom stereocenters. The molecule has 2 aliphatic heterocycles. The monoisotopic (exact) mass is 385 g/mol. The van der Waals surface area contributed by atoms with Gasteiger partial charge >= 0.3 is 12.2 Å². The number of methoxy groups -OCH3 is 1. The fourth-order valence-electron chi connectivity index (χ4n) is 3.39. The van der Waals surface area contributed by atoms with E-state index in [9.17, 15) is 27.6 Å². The molecule has 0 saturated carbocycles. The second-order valence-corrected chi connectivity index (χ2v) is 6.44. The van der Waals surface area contributed by atoms with Gasteiger partial charge in [0.2, 0.25) is 5.91 Å². The third kappa shape index (κ3) is 3.75. The molecule has 2 saturated heterocycles. The van der Waals surface area contributed by atoms with Gasteiger partial charge in [-0.15, -0.1) is 0 Å². The maximum absolute atomic E-state index is 12.9. The highest BCUT2D eigenvalue weighted by atomic mass is 19.4. The molecule has 0 aliphatic carbocycles. The zero-order valence-electron chi connectivity index (χ0n) is 14.5. The minimum absolute atomic E-state index is 0.116. The van der Waals surface area contributed by atoms with Gasteiger partial charge in [0.25, 0.3) is 5.91 Å². The number of hydrogen-bond acceptors (Lipinski definition) is 4. The Morgan fingerprint density at radius 1 is 1.33 bits per heavy atom. The molecule has 0 radical (unpaired) electrons. The summed E-state index contributed by atoms with van der Waals surface area (Å²) in [6, 6.07) is 2.34. The predicted molar refractivity (Wildman–Crippen MR) is 87.9 cm³/mol. The van der Waals surface area contributed by atoms with Gasteiger partial charge in [-0.1, -0.05) is 6.07 Å². The lowest BCUT2D eigenvalue weighted by Crippen LogP contribution is -2.50. The van der Waals surface area contributed by atoms with E-state index in [4.69, 9.17) is 4.74 Å². The number of nitrogens with one attached hydrogen (secondary N) is 1. The summed E-state index contributed by atoms with van der Waals surface area (Å²) < 4.78 is 43.5. The van der Waals surface area contributed by atoms with Crippen LogP contribution in [0.2, 0.25) is 0 Å². The summed E-state index contributed by atoms with van der Waals surface area (Å²) in [6.45, 7) is 0.108. The molecular formula is C17H18F3N3O4. The number of benzene rings is 1. The third-order valence-corrected chi connectivity index (χ3v) is 4.62. The number of piperidine rings is 1. The first-order valence-electron chi connectivity index (χ1n) is 8.32. The first kappa shape index (κ1) is 19.2. The molecular weight excluding hydrogens is 367 g/mol. The molecule has 7 nitrogen and oxygen atoms in total. The highest BCUT2D eigenvalue weighted by Gasteiger charge is 2.49. The molecule has 146 valence electrons. The summed E-state index contributed by atoms with van der Waals surface area (Å²) in [6.07, 6.45) is -3.93. The molecule has 1 aromatic rings. The average Bonchev–Trinajstić information content (AvgIpc) is 2.85. The van der Waals surface area contributed by atoms with E-state index in [0.717, 1.165) is 23.1 Å². The maximum atomic E-state index is 12.9. The van der Waals surface area contributed by atoms with E-state index in [1.54, 1.807) is 0 Å². The normalized spacial score (nSPS) is 22.8. The van der Waals surface area contributed by atoms with Crippen molar-refractivity contribution in [1.29, 1.82) is 0 Å². The molecule has 0 bridgehead atoms. The molecule has 3 rings (SSSR count). The molecule has 27 heavy (non-hydrogen) atoms. The number of anilines is 1. The Morgan fingerprint density at radius 3 is 2.74 bits per heavy atom. The van der Waals surface area contributed by atoms with E-state index >= 15 is 0 Å². The van der Waals surface area contributed by atoms with E-state index in [1.165, 1.54) is 18.1 Å². The van der Waals surface area contributed by atoms with Crippen LogP contribution in [0.5, 0.6) is 0 Å². The van der Waals surface area contributed by atoms with Crippen molar-refractivity contribution in [1.82, 2.24) is 10.2 Å². The van der Waals surface area contributed by atoms with Crippen LogP contribution in [-0.4, -0.2) is 55.1 Å². The van der Waals surface area contributed by atoms with E-state index in [0.29, 0.717) is 6.42 Å². The molecule has 1 N–H and O–H groups in total. The van der Waals surface area contributed by atoms with Gasteiger partial charge in [0.15, 0.2) is 0 Å². The van der Waals surface area contributed by atoms with Gasteiger partial charge < -0.3 is 15.0 Å². The molecule has 2 aliphatic rings. The van der Waals surface area contributed by atoms with Crippen LogP contribution in [0.4, 0.5) is 23.7 Å². The molecule has 10 heteroatoms. The smallest absolute Gasteiger partial charge is 0.375 e. The van der Waals surface area contributed by atoms with Gasteiger partial charge in [0.1, 0.15) is 12.6 Å². The number of carbonyl (C=O) groups is 3. The average molecular weight is 385 g/mol. The molecule has 1 aromatic carbocycles. The summed E-state index contributed by atoms with van der Waals surface area (Å²) in [5.41, 5.74) is -1.05. The number of imide groups is 1. The lowest BCUT2D eigenvalue weighted by Gasteiger charge is -2.32. The highest BCUT2D eigenvalue weighted by Crippen LogP contribution is 2.35. The van der Waals surface area contributed by atoms with E-state index in [-0.39, 0.29) is 37.2 Å². The van der Waals surface area contributed by atoms with E-state index < -0.39 is 29.7 Å². The second-order valence-electron chi connectivity index (χ2n) is 6.44. The van der Waals surface area contributed by atoms with Crippen molar-refractivity contribution in [2.75, 3.05) is 25.2 Å². The van der Waals surface area contributed by atoms with Crippen LogP contribution in [0, 0.1) is 0 Å². The third-order valence-electron chi connectivity index (χ3n) is 4.62. The summed E-state index contributed by atoms with van der Waals surface area (Å²) in [5.74, 6) is -0.924. The number of halogens is 3. The first-order valence-corrected chi connectivity index (χ1v) is 8.32. The van der Waals surface area contributed by atoms with Crippen LogP contribution in [0.25, 0.3) is 0 Å². The van der Waals surface area contributed by atoms with Gasteiger partial charge in [-0.25, -0.2) is 9.69 Å². The van der Waals surface area contributed by atoms with Crippen LogP contribution >= 0.6 is 0 Å². The first-order chi connectivity index (χ1) is 12.7. The zero-order chi connectivity index (χ0) is 19.8. The number of fused-ring (bicyclic) bond motifs is 1. The van der Waals surface area contributed by atoms with Crippen LogP contribution in [0.1, 0.15) is 18.4 Å². The van der Waals surface area contributed by atoms with Crippen molar-refractivity contribution in [2.24, 2.45) is 0 Å². The Hall–Kier alpha value is -2.62. The topological polar surface area (TPSA) is 79.0 Å². The zero-order valence-corrected chi connectivity index (χ0v) is 14.5. The number of urea groups is 1. The molecule has 0 aromatic heterocycles. The van der Waals surface area contributed by atoms with Gasteiger partial charge in [-0.2, -0.15) is 13.2 Å². The number of alkyl halides is 3. The van der Waals surface area contributed by atoms with Gasteiger partial charge in [-0.3, -0.25) is 9.59 Å². The van der Waals surface area contributed by atoms with Gasteiger partial charge in [0.05, 0.1) is 11.3 Å². The minimum Gasteiger partial charge on any atom is -0.375 e. The van der Waals surface area contributed by atoms with Crippen LogP contribution in [0.3, 0.4) is 0 Å². The lowest BCUT2D eigenvalue weighted by atomic mass is 9.98. The summed E-state index contributed by atoms with van der Waals surface area (Å²) >= 11 is 0. The lowest BCUT2D eigenvalue weighted by molar-refractivity contribution is -0.137. The van der Waals surface area contributed by atoms with Crippen molar-refractivity contribution in [2.45, 2.75) is 31.1 Å². The largest absolute Gasteiger partial charge is 0.416 e. The summed E-state index contributed by atoms with van der Waals surface area (Å²) in [5, 5.41) is 2.73. The number of ether oxygens (including phenoxy) is 1. The molecule has 0 unspecified atom stereocenters. The molecule has 4 amide bonds. The minimum atomic E-state index is -4.58. The van der Waals surface area contributed by atoms with Crippen molar-refractivity contribution in [3.8, 4) is 0 Å². The van der Waals surface area contributed by atoms with E-state index in [2.05, 4.69) is 5.32 Å². The van der Waals surface area contributed by atoms with Gasteiger partial charge in [-0.05, 0) is 31.0 Å². The fraction of sp³-hybridized carbons (Fsp3) is 0.471.